The minimum atomic E-state index is -0.570. The molecule has 2 atom stereocenters. The molecule has 0 aliphatic carbocycles. The van der Waals surface area contributed by atoms with E-state index >= 15 is 0 Å². The van der Waals surface area contributed by atoms with Gasteiger partial charge < -0.3 is 20.1 Å². The minimum absolute atomic E-state index is 0.00378. The summed E-state index contributed by atoms with van der Waals surface area (Å²) in [6.45, 7) is 9.13. The first kappa shape index (κ1) is 27.9. The zero-order valence-corrected chi connectivity index (χ0v) is 23.3. The first-order valence-corrected chi connectivity index (χ1v) is 13.9. The van der Waals surface area contributed by atoms with E-state index in [0.717, 1.165) is 49.1 Å². The van der Waals surface area contributed by atoms with Crippen molar-refractivity contribution >= 4 is 34.2 Å². The predicted molar refractivity (Wildman–Crippen MR) is 149 cm³/mol. The number of hydrogen-bond acceptors (Lipinski definition) is 5. The average Bonchev–Trinajstić information content (AvgIpc) is 3.46. The van der Waals surface area contributed by atoms with Crippen LogP contribution in [0.2, 0.25) is 0 Å². The summed E-state index contributed by atoms with van der Waals surface area (Å²) in [6, 6.07) is 9.69. The summed E-state index contributed by atoms with van der Waals surface area (Å²) >= 11 is 1.73. The van der Waals surface area contributed by atoms with Crippen molar-refractivity contribution in [3.8, 4) is 0 Å². The van der Waals surface area contributed by atoms with Crippen LogP contribution in [0.4, 0.5) is 0 Å². The molecule has 1 aromatic carbocycles. The standard InChI is InChI=1S/C28H41N5O2S/c1-7-11-23(28(35)29-19(4)18-32(5)6)31-27(34)20-13-14-25-24(16-20)30-26(17-22-12-10-15-36-22)33(25)21(8-2)9-3/h10,12-16,19,21,23H,7-9,11,17-18H2,1-6H3,(H,29,35)(H,31,34)/t19?,23-/m0/s1. The van der Waals surface area contributed by atoms with Crippen LogP contribution in [0.5, 0.6) is 0 Å². The third kappa shape index (κ3) is 6.95. The normalized spacial score (nSPS) is 13.3. The van der Waals surface area contributed by atoms with Crippen molar-refractivity contribution in [2.75, 3.05) is 20.6 Å². The highest BCUT2D eigenvalue weighted by atomic mass is 32.1. The van der Waals surface area contributed by atoms with Crippen LogP contribution in [0.25, 0.3) is 11.0 Å². The number of aromatic nitrogens is 2. The molecule has 0 aliphatic heterocycles. The molecule has 36 heavy (non-hydrogen) atoms. The second-order valence-corrected chi connectivity index (χ2v) is 10.8. The van der Waals surface area contributed by atoms with E-state index < -0.39 is 6.04 Å². The Morgan fingerprint density at radius 1 is 1.11 bits per heavy atom. The number of carbonyl (C=O) groups excluding carboxylic acids is 2. The Bertz CT molecular complexity index is 1130. The van der Waals surface area contributed by atoms with Crippen LogP contribution in [0, 0.1) is 0 Å². The second-order valence-electron chi connectivity index (χ2n) is 9.81. The quantitative estimate of drug-likeness (QED) is 0.338. The summed E-state index contributed by atoms with van der Waals surface area (Å²) < 4.78 is 2.34. The van der Waals surface area contributed by atoms with Crippen LogP contribution in [0.1, 0.15) is 80.5 Å². The molecule has 196 valence electrons. The smallest absolute Gasteiger partial charge is 0.252 e. The van der Waals surface area contributed by atoms with Gasteiger partial charge in [0.05, 0.1) is 11.0 Å². The minimum Gasteiger partial charge on any atom is -0.351 e. The Kier molecular flexibility index (Phi) is 10.1. The lowest BCUT2D eigenvalue weighted by Gasteiger charge is -2.23. The average molecular weight is 512 g/mol. The third-order valence-corrected chi connectivity index (χ3v) is 7.35. The fourth-order valence-corrected chi connectivity index (χ4v) is 5.48. The fourth-order valence-electron chi connectivity index (χ4n) is 4.78. The highest BCUT2D eigenvalue weighted by molar-refractivity contribution is 7.09. The summed E-state index contributed by atoms with van der Waals surface area (Å²) in [6.07, 6.45) is 4.19. The Hall–Kier alpha value is -2.71. The molecule has 7 nitrogen and oxygen atoms in total. The molecule has 0 radical (unpaired) electrons. The van der Waals surface area contributed by atoms with Crippen molar-refractivity contribution in [2.24, 2.45) is 0 Å². The van der Waals surface area contributed by atoms with Gasteiger partial charge in [-0.15, -0.1) is 11.3 Å². The number of amides is 2. The van der Waals surface area contributed by atoms with E-state index in [2.05, 4.69) is 46.6 Å². The van der Waals surface area contributed by atoms with E-state index in [4.69, 9.17) is 4.98 Å². The van der Waals surface area contributed by atoms with Crippen molar-refractivity contribution in [3.05, 3.63) is 52.0 Å². The molecular formula is C28H41N5O2S. The Morgan fingerprint density at radius 3 is 2.47 bits per heavy atom. The van der Waals surface area contributed by atoms with Gasteiger partial charge in [-0.05, 0) is 69.9 Å². The molecular weight excluding hydrogens is 470 g/mol. The van der Waals surface area contributed by atoms with E-state index in [1.807, 2.05) is 51.0 Å². The van der Waals surface area contributed by atoms with Crippen molar-refractivity contribution in [2.45, 2.75) is 77.9 Å². The maximum absolute atomic E-state index is 13.2. The Morgan fingerprint density at radius 2 is 1.86 bits per heavy atom. The van der Waals surface area contributed by atoms with Gasteiger partial charge >= 0.3 is 0 Å². The predicted octanol–water partition coefficient (Wildman–Crippen LogP) is 5.01. The van der Waals surface area contributed by atoms with Crippen LogP contribution >= 0.6 is 11.3 Å². The zero-order valence-electron chi connectivity index (χ0n) is 22.5. The summed E-state index contributed by atoms with van der Waals surface area (Å²) in [5.41, 5.74) is 2.39. The van der Waals surface area contributed by atoms with E-state index in [-0.39, 0.29) is 17.9 Å². The van der Waals surface area contributed by atoms with Crippen LogP contribution in [-0.4, -0.2) is 59.0 Å². The maximum Gasteiger partial charge on any atom is 0.252 e. The number of fused-ring (bicyclic) bond motifs is 1. The van der Waals surface area contributed by atoms with Crippen molar-refractivity contribution in [1.82, 2.24) is 25.1 Å². The molecule has 0 saturated heterocycles. The molecule has 0 spiro atoms. The molecule has 8 heteroatoms. The van der Waals surface area contributed by atoms with Gasteiger partial charge in [-0.2, -0.15) is 0 Å². The number of nitrogens with one attached hydrogen (secondary N) is 2. The fraction of sp³-hybridized carbons (Fsp3) is 0.536. The van der Waals surface area contributed by atoms with Crippen molar-refractivity contribution in [1.29, 1.82) is 0 Å². The van der Waals surface area contributed by atoms with Gasteiger partial charge in [0.2, 0.25) is 5.91 Å². The van der Waals surface area contributed by atoms with Crippen LogP contribution in [0.3, 0.4) is 0 Å². The van der Waals surface area contributed by atoms with Gasteiger partial charge in [-0.1, -0.05) is 33.3 Å². The molecule has 2 amide bonds. The van der Waals surface area contributed by atoms with Crippen molar-refractivity contribution < 1.29 is 9.59 Å². The lowest BCUT2D eigenvalue weighted by molar-refractivity contribution is -0.123. The maximum atomic E-state index is 13.2. The Labute approximate surface area is 219 Å². The number of likely N-dealkylation sites (N-methyl/N-ethyl adjacent to an activating group) is 1. The van der Waals surface area contributed by atoms with Gasteiger partial charge in [0.25, 0.3) is 5.91 Å². The van der Waals surface area contributed by atoms with Crippen LogP contribution < -0.4 is 10.6 Å². The van der Waals surface area contributed by atoms with Gasteiger partial charge in [0.1, 0.15) is 11.9 Å². The number of rotatable bonds is 13. The molecule has 2 aromatic heterocycles. The summed E-state index contributed by atoms with van der Waals surface area (Å²) in [5, 5.41) is 8.08. The van der Waals surface area contributed by atoms with Gasteiger partial charge in [-0.3, -0.25) is 9.59 Å². The van der Waals surface area contributed by atoms with Gasteiger partial charge in [0, 0.05) is 35.5 Å². The lowest BCUT2D eigenvalue weighted by atomic mass is 10.1. The first-order chi connectivity index (χ1) is 17.3. The molecule has 3 aromatic rings. The SMILES string of the molecule is CCC[C@H](NC(=O)c1ccc2c(c1)nc(Cc1cccs1)n2C(CC)CC)C(=O)NC(C)CN(C)C. The molecule has 0 aliphatic rings. The molecule has 0 saturated carbocycles. The van der Waals surface area contributed by atoms with Crippen LogP contribution in [0.15, 0.2) is 35.7 Å². The van der Waals surface area contributed by atoms with E-state index in [0.29, 0.717) is 18.0 Å². The topological polar surface area (TPSA) is 79.3 Å². The molecule has 1 unspecified atom stereocenters. The molecule has 2 heterocycles. The molecule has 0 fully saturated rings. The molecule has 0 bridgehead atoms. The number of benzene rings is 1. The summed E-state index contributed by atoms with van der Waals surface area (Å²) in [4.78, 5) is 34.4. The number of thiophene rings is 1. The largest absolute Gasteiger partial charge is 0.351 e. The molecule has 3 rings (SSSR count). The summed E-state index contributed by atoms with van der Waals surface area (Å²) in [5.74, 6) is 0.636. The van der Waals surface area contributed by atoms with E-state index in [9.17, 15) is 9.59 Å². The lowest BCUT2D eigenvalue weighted by Crippen LogP contribution is -2.50. The first-order valence-electron chi connectivity index (χ1n) is 13.1. The monoisotopic (exact) mass is 511 g/mol. The van der Waals surface area contributed by atoms with E-state index in [1.54, 1.807) is 11.3 Å². The molecule has 2 N–H and O–H groups in total. The van der Waals surface area contributed by atoms with Crippen molar-refractivity contribution in [3.63, 3.8) is 0 Å². The number of nitrogens with zero attached hydrogens (tertiary/aromatic N) is 3. The number of imidazole rings is 1. The highest BCUT2D eigenvalue weighted by Gasteiger charge is 2.23. The number of hydrogen-bond donors (Lipinski definition) is 2. The second kappa shape index (κ2) is 13.0. The van der Waals surface area contributed by atoms with Gasteiger partial charge in [-0.25, -0.2) is 4.98 Å². The third-order valence-electron chi connectivity index (χ3n) is 6.47. The number of carbonyl (C=O) groups is 2. The summed E-state index contributed by atoms with van der Waals surface area (Å²) in [7, 11) is 3.95. The van der Waals surface area contributed by atoms with E-state index in [1.165, 1.54) is 4.88 Å². The zero-order chi connectivity index (χ0) is 26.2. The Balaban J connectivity index is 1.85. The van der Waals surface area contributed by atoms with Crippen LogP contribution in [-0.2, 0) is 11.2 Å². The van der Waals surface area contributed by atoms with Gasteiger partial charge in [0.15, 0.2) is 0 Å². The highest BCUT2D eigenvalue weighted by Crippen LogP contribution is 2.28.